The number of hydrogen-bond donors (Lipinski definition) is 1. The maximum Gasteiger partial charge on any atom is 0.251 e. The van der Waals surface area contributed by atoms with E-state index in [-0.39, 0.29) is 17.8 Å². The van der Waals surface area contributed by atoms with Crippen LogP contribution in [-0.4, -0.2) is 5.91 Å². The van der Waals surface area contributed by atoms with Crippen LogP contribution in [0, 0.1) is 18.7 Å². The molecular weight excluding hydrogens is 377 g/mol. The third kappa shape index (κ3) is 5.93. The van der Waals surface area contributed by atoms with Crippen LogP contribution in [0.4, 0.5) is 4.39 Å². The van der Waals surface area contributed by atoms with Gasteiger partial charge in [0.05, 0.1) is 6.04 Å². The van der Waals surface area contributed by atoms with Crippen LogP contribution in [0.2, 0.25) is 0 Å². The van der Waals surface area contributed by atoms with Gasteiger partial charge >= 0.3 is 0 Å². The van der Waals surface area contributed by atoms with Gasteiger partial charge in [0.1, 0.15) is 18.2 Å². The molecule has 0 aromatic heterocycles. The van der Waals surface area contributed by atoms with Crippen LogP contribution in [0.1, 0.15) is 53.4 Å². The molecule has 0 radical (unpaired) electrons. The van der Waals surface area contributed by atoms with Crippen molar-refractivity contribution >= 4 is 5.91 Å². The van der Waals surface area contributed by atoms with Crippen molar-refractivity contribution in [1.29, 1.82) is 0 Å². The molecule has 0 aliphatic heterocycles. The normalized spacial score (nSPS) is 11.9. The molecule has 156 valence electrons. The molecule has 0 aliphatic rings. The Hall–Kier alpha value is -3.14. The lowest BCUT2D eigenvalue weighted by molar-refractivity contribution is 0.0931. The van der Waals surface area contributed by atoms with Crippen LogP contribution >= 0.6 is 0 Å². The van der Waals surface area contributed by atoms with Crippen LogP contribution in [0.25, 0.3) is 0 Å². The Morgan fingerprint density at radius 1 is 1.00 bits per heavy atom. The van der Waals surface area contributed by atoms with Crippen LogP contribution in [0.15, 0.2) is 72.8 Å². The predicted molar refractivity (Wildman–Crippen MR) is 118 cm³/mol. The smallest absolute Gasteiger partial charge is 0.251 e. The molecule has 0 bridgehead atoms. The highest BCUT2D eigenvalue weighted by Crippen LogP contribution is 2.24. The minimum atomic E-state index is -0.237. The first-order valence-electron chi connectivity index (χ1n) is 10.3. The molecule has 3 aromatic carbocycles. The molecular formula is C26H28FNO2. The molecule has 30 heavy (non-hydrogen) atoms. The molecule has 0 aliphatic carbocycles. The number of halogens is 1. The summed E-state index contributed by atoms with van der Waals surface area (Å²) in [7, 11) is 0. The Balaban J connectivity index is 1.72. The minimum Gasteiger partial charge on any atom is -0.489 e. The zero-order valence-corrected chi connectivity index (χ0v) is 17.7. The first kappa shape index (κ1) is 21.6. The monoisotopic (exact) mass is 405 g/mol. The maximum atomic E-state index is 13.7. The SMILES string of the molecule is Cc1cc(C(CC(C)C)NC(=O)c2cccc(COc3ccccc3)c2)ccc1F. The van der Waals surface area contributed by atoms with Gasteiger partial charge in [-0.3, -0.25) is 4.79 Å². The Morgan fingerprint density at radius 3 is 2.47 bits per heavy atom. The average Bonchev–Trinajstić information content (AvgIpc) is 2.74. The van der Waals surface area contributed by atoms with E-state index in [4.69, 9.17) is 4.74 Å². The van der Waals surface area contributed by atoms with Gasteiger partial charge in [0, 0.05) is 5.56 Å². The van der Waals surface area contributed by atoms with E-state index in [9.17, 15) is 9.18 Å². The highest BCUT2D eigenvalue weighted by Gasteiger charge is 2.18. The average molecular weight is 406 g/mol. The van der Waals surface area contributed by atoms with E-state index in [1.54, 1.807) is 19.1 Å². The van der Waals surface area contributed by atoms with Crippen molar-refractivity contribution in [3.05, 3.63) is 101 Å². The van der Waals surface area contributed by atoms with Gasteiger partial charge in [0.15, 0.2) is 0 Å². The second kappa shape index (κ2) is 10.1. The second-order valence-corrected chi connectivity index (χ2v) is 7.97. The quantitative estimate of drug-likeness (QED) is 0.482. The van der Waals surface area contributed by atoms with Gasteiger partial charge < -0.3 is 10.1 Å². The van der Waals surface area contributed by atoms with Crippen molar-refractivity contribution in [3.63, 3.8) is 0 Å². The summed E-state index contributed by atoms with van der Waals surface area (Å²) in [5.74, 6) is 0.783. The second-order valence-electron chi connectivity index (χ2n) is 7.97. The summed E-state index contributed by atoms with van der Waals surface area (Å²) in [4.78, 5) is 13.0. The van der Waals surface area contributed by atoms with Crippen LogP contribution in [0.5, 0.6) is 5.75 Å². The highest BCUT2D eigenvalue weighted by molar-refractivity contribution is 5.94. The summed E-state index contributed by atoms with van der Waals surface area (Å²) < 4.78 is 19.5. The summed E-state index contributed by atoms with van der Waals surface area (Å²) in [6, 6.07) is 21.9. The van der Waals surface area contributed by atoms with Gasteiger partial charge in [-0.05, 0) is 66.3 Å². The molecule has 0 fully saturated rings. The summed E-state index contributed by atoms with van der Waals surface area (Å²) >= 11 is 0. The molecule has 0 spiro atoms. The molecule has 3 rings (SSSR count). The van der Waals surface area contributed by atoms with Gasteiger partial charge in [-0.15, -0.1) is 0 Å². The number of hydrogen-bond acceptors (Lipinski definition) is 2. The van der Waals surface area contributed by atoms with E-state index in [0.717, 1.165) is 23.3 Å². The van der Waals surface area contributed by atoms with Crippen LogP contribution < -0.4 is 10.1 Å². The van der Waals surface area contributed by atoms with Crippen molar-refractivity contribution in [3.8, 4) is 5.75 Å². The molecule has 0 heterocycles. The standard InChI is InChI=1S/C26H28FNO2/c1-18(2)14-25(21-12-13-24(27)19(3)15-21)28-26(29)22-9-7-8-20(16-22)17-30-23-10-5-4-6-11-23/h4-13,15-16,18,25H,14,17H2,1-3H3,(H,28,29). The highest BCUT2D eigenvalue weighted by atomic mass is 19.1. The number of rotatable bonds is 8. The molecule has 3 nitrogen and oxygen atoms in total. The number of nitrogens with one attached hydrogen (secondary N) is 1. The number of benzene rings is 3. The molecule has 1 amide bonds. The van der Waals surface area contributed by atoms with Crippen LogP contribution in [0.3, 0.4) is 0 Å². The van der Waals surface area contributed by atoms with Crippen molar-refractivity contribution in [2.75, 3.05) is 0 Å². The molecule has 4 heteroatoms. The largest absolute Gasteiger partial charge is 0.489 e. The van der Waals surface area contributed by atoms with E-state index in [1.807, 2.05) is 54.6 Å². The fourth-order valence-electron chi connectivity index (χ4n) is 3.36. The van der Waals surface area contributed by atoms with Gasteiger partial charge in [0.25, 0.3) is 5.91 Å². The topological polar surface area (TPSA) is 38.3 Å². The van der Waals surface area contributed by atoms with Crippen molar-refractivity contribution < 1.29 is 13.9 Å². The molecule has 0 saturated carbocycles. The Morgan fingerprint density at radius 2 is 1.77 bits per heavy atom. The van der Waals surface area contributed by atoms with E-state index in [1.165, 1.54) is 6.07 Å². The third-order valence-corrected chi connectivity index (χ3v) is 4.93. The molecule has 0 saturated heterocycles. The summed E-state index contributed by atoms with van der Waals surface area (Å²) in [6.07, 6.45) is 0.771. The number of carbonyl (C=O) groups excluding carboxylic acids is 1. The number of para-hydroxylation sites is 1. The lowest BCUT2D eigenvalue weighted by Crippen LogP contribution is -2.29. The Labute approximate surface area is 177 Å². The molecule has 1 atom stereocenters. The van der Waals surface area contributed by atoms with Crippen molar-refractivity contribution in [2.45, 2.75) is 39.8 Å². The van der Waals surface area contributed by atoms with Gasteiger partial charge in [-0.2, -0.15) is 0 Å². The van der Waals surface area contributed by atoms with Gasteiger partial charge in [-0.25, -0.2) is 4.39 Å². The van der Waals surface area contributed by atoms with Gasteiger partial charge in [0.2, 0.25) is 0 Å². The number of ether oxygens (including phenoxy) is 1. The predicted octanol–water partition coefficient (Wildman–Crippen LogP) is 6.23. The van der Waals surface area contributed by atoms with E-state index >= 15 is 0 Å². The van der Waals surface area contributed by atoms with Gasteiger partial charge in [-0.1, -0.05) is 56.3 Å². The van der Waals surface area contributed by atoms with Crippen LogP contribution in [-0.2, 0) is 6.61 Å². The first-order chi connectivity index (χ1) is 14.4. The van der Waals surface area contributed by atoms with E-state index in [2.05, 4.69) is 19.2 Å². The molecule has 3 aromatic rings. The number of aryl methyl sites for hydroxylation is 1. The molecule has 1 unspecified atom stereocenters. The molecule has 1 N–H and O–H groups in total. The third-order valence-electron chi connectivity index (χ3n) is 4.93. The number of carbonyl (C=O) groups is 1. The summed E-state index contributed by atoms with van der Waals surface area (Å²) in [6.45, 7) is 6.34. The maximum absolute atomic E-state index is 13.7. The zero-order valence-electron chi connectivity index (χ0n) is 17.7. The Bertz CT molecular complexity index is 985. The zero-order chi connectivity index (χ0) is 21.5. The summed E-state index contributed by atoms with van der Waals surface area (Å²) in [5, 5.41) is 3.13. The first-order valence-corrected chi connectivity index (χ1v) is 10.3. The lowest BCUT2D eigenvalue weighted by Gasteiger charge is -2.22. The van der Waals surface area contributed by atoms with E-state index in [0.29, 0.717) is 23.7 Å². The fraction of sp³-hybridized carbons (Fsp3) is 0.269. The number of amides is 1. The van der Waals surface area contributed by atoms with Crippen molar-refractivity contribution in [1.82, 2.24) is 5.32 Å². The van der Waals surface area contributed by atoms with E-state index < -0.39 is 0 Å². The fourth-order valence-corrected chi connectivity index (χ4v) is 3.36. The minimum absolute atomic E-state index is 0.149. The Kier molecular flexibility index (Phi) is 7.23. The van der Waals surface area contributed by atoms with Crippen molar-refractivity contribution in [2.24, 2.45) is 5.92 Å². The lowest BCUT2D eigenvalue weighted by atomic mass is 9.95. The summed E-state index contributed by atoms with van der Waals surface area (Å²) in [5.41, 5.74) is 3.00.